The molecule has 2 N–H and O–H groups in total. The first-order valence-electron chi connectivity index (χ1n) is 7.98. The highest BCUT2D eigenvalue weighted by atomic mass is 35.5. The van der Waals surface area contributed by atoms with E-state index < -0.39 is 10.0 Å². The average molecular weight is 397 g/mol. The zero-order valence-electron chi connectivity index (χ0n) is 14.7. The molecule has 8 heteroatoms. The fraction of sp³-hybridized carbons (Fsp3) is 0.278. The highest BCUT2D eigenvalue weighted by molar-refractivity contribution is 7.92. The summed E-state index contributed by atoms with van der Waals surface area (Å²) in [5.74, 6) is 0.0808. The van der Waals surface area contributed by atoms with Gasteiger partial charge in [-0.1, -0.05) is 37.6 Å². The quantitative estimate of drug-likeness (QED) is 0.749. The molecular weight excluding hydrogens is 376 g/mol. The molecule has 0 saturated carbocycles. The van der Waals surface area contributed by atoms with Crippen LogP contribution in [0.3, 0.4) is 0 Å². The van der Waals surface area contributed by atoms with Crippen LogP contribution >= 0.6 is 11.6 Å². The predicted molar refractivity (Wildman–Crippen MR) is 102 cm³/mol. The van der Waals surface area contributed by atoms with Crippen LogP contribution in [0.2, 0.25) is 5.02 Å². The Kier molecular flexibility index (Phi) is 6.50. The molecule has 0 unspecified atom stereocenters. The second-order valence-corrected chi connectivity index (χ2v) is 8.14. The molecule has 0 saturated heterocycles. The van der Waals surface area contributed by atoms with Gasteiger partial charge < -0.3 is 10.1 Å². The topological polar surface area (TPSA) is 84.5 Å². The third-order valence-electron chi connectivity index (χ3n) is 3.50. The first-order valence-corrected chi connectivity index (χ1v) is 9.84. The highest BCUT2D eigenvalue weighted by Gasteiger charge is 2.22. The summed E-state index contributed by atoms with van der Waals surface area (Å²) in [7, 11) is -2.63. The summed E-state index contributed by atoms with van der Waals surface area (Å²) >= 11 is 5.92. The molecule has 0 heterocycles. The highest BCUT2D eigenvalue weighted by Crippen LogP contribution is 2.29. The van der Waals surface area contributed by atoms with E-state index in [0.29, 0.717) is 6.54 Å². The zero-order valence-corrected chi connectivity index (χ0v) is 16.3. The van der Waals surface area contributed by atoms with E-state index >= 15 is 0 Å². The monoisotopic (exact) mass is 396 g/mol. The number of amides is 1. The normalized spacial score (nSPS) is 11.3. The van der Waals surface area contributed by atoms with Crippen molar-refractivity contribution >= 4 is 33.2 Å². The minimum absolute atomic E-state index is 0.107. The van der Waals surface area contributed by atoms with Crippen molar-refractivity contribution in [1.29, 1.82) is 0 Å². The number of nitrogens with one attached hydrogen (secondary N) is 2. The molecule has 0 bridgehead atoms. The van der Waals surface area contributed by atoms with Gasteiger partial charge in [-0.2, -0.15) is 0 Å². The fourth-order valence-corrected chi connectivity index (χ4v) is 3.74. The van der Waals surface area contributed by atoms with Gasteiger partial charge in [0, 0.05) is 11.6 Å². The molecule has 0 aliphatic rings. The van der Waals surface area contributed by atoms with Crippen molar-refractivity contribution in [2.75, 3.05) is 18.4 Å². The Balaban J connectivity index is 2.36. The molecule has 0 aliphatic heterocycles. The summed E-state index contributed by atoms with van der Waals surface area (Å²) in [6.45, 7) is 4.43. The maximum Gasteiger partial charge on any atom is 0.265 e. The molecular formula is C18H21ClN2O4S. The average Bonchev–Trinajstić information content (AvgIpc) is 2.59. The first kappa shape index (κ1) is 20.1. The molecule has 0 fully saturated rings. The number of ether oxygens (including phenoxy) is 1. The number of hydrogen-bond donors (Lipinski definition) is 2. The summed E-state index contributed by atoms with van der Waals surface area (Å²) in [6.07, 6.45) is 0. The van der Waals surface area contributed by atoms with E-state index in [-0.39, 0.29) is 38.7 Å². The van der Waals surface area contributed by atoms with Crippen LogP contribution in [-0.2, 0) is 10.0 Å². The number of carbonyl (C=O) groups excluding carboxylic acids is 1. The van der Waals surface area contributed by atoms with Gasteiger partial charge in [0.15, 0.2) is 0 Å². The lowest BCUT2D eigenvalue weighted by atomic mass is 10.1. The second-order valence-electron chi connectivity index (χ2n) is 6.05. The number of sulfonamides is 1. The minimum atomic E-state index is -4.01. The maximum absolute atomic E-state index is 12.8. The van der Waals surface area contributed by atoms with Gasteiger partial charge >= 0.3 is 0 Å². The molecule has 2 rings (SSSR count). The third kappa shape index (κ3) is 4.89. The second kappa shape index (κ2) is 8.42. The predicted octanol–water partition coefficient (Wildman–Crippen LogP) is 3.54. The number of para-hydroxylation sites is 1. The van der Waals surface area contributed by atoms with Crippen LogP contribution in [-0.4, -0.2) is 28.0 Å². The van der Waals surface area contributed by atoms with Crippen LogP contribution in [0.25, 0.3) is 0 Å². The van der Waals surface area contributed by atoms with Gasteiger partial charge in [0.1, 0.15) is 10.6 Å². The van der Waals surface area contributed by atoms with Gasteiger partial charge in [-0.05, 0) is 36.2 Å². The molecule has 140 valence electrons. The van der Waals surface area contributed by atoms with E-state index in [1.165, 1.54) is 31.4 Å². The molecule has 0 aromatic heterocycles. The van der Waals surface area contributed by atoms with E-state index in [4.69, 9.17) is 16.3 Å². The van der Waals surface area contributed by atoms with Crippen molar-refractivity contribution in [1.82, 2.24) is 5.32 Å². The lowest BCUT2D eigenvalue weighted by Gasteiger charge is -2.15. The van der Waals surface area contributed by atoms with E-state index in [2.05, 4.69) is 10.0 Å². The number of rotatable bonds is 7. The fourth-order valence-electron chi connectivity index (χ4n) is 2.22. The summed E-state index contributed by atoms with van der Waals surface area (Å²) in [5, 5.41) is 3.03. The van der Waals surface area contributed by atoms with Gasteiger partial charge in [-0.3, -0.25) is 9.52 Å². The Hall–Kier alpha value is -2.25. The van der Waals surface area contributed by atoms with Crippen LogP contribution in [0.1, 0.15) is 24.2 Å². The molecule has 1 amide bonds. The van der Waals surface area contributed by atoms with Gasteiger partial charge in [0.25, 0.3) is 15.9 Å². The van der Waals surface area contributed by atoms with Crippen LogP contribution in [0, 0.1) is 5.92 Å². The van der Waals surface area contributed by atoms with Gasteiger partial charge in [-0.15, -0.1) is 0 Å². The SMILES string of the molecule is COc1ccc(Cl)cc1S(=O)(=O)Nc1ccccc1C(=O)NCC(C)C. The smallest absolute Gasteiger partial charge is 0.265 e. The number of hydrogen-bond acceptors (Lipinski definition) is 4. The lowest BCUT2D eigenvalue weighted by Crippen LogP contribution is -2.28. The Bertz CT molecular complexity index is 898. The van der Waals surface area contributed by atoms with E-state index in [1.54, 1.807) is 18.2 Å². The molecule has 2 aromatic rings. The van der Waals surface area contributed by atoms with Crippen molar-refractivity contribution in [2.45, 2.75) is 18.7 Å². The van der Waals surface area contributed by atoms with E-state index in [0.717, 1.165) is 0 Å². The van der Waals surface area contributed by atoms with Crippen LogP contribution in [0.15, 0.2) is 47.4 Å². The van der Waals surface area contributed by atoms with Crippen molar-refractivity contribution in [3.8, 4) is 5.75 Å². The first-order chi connectivity index (χ1) is 12.2. The van der Waals surface area contributed by atoms with E-state index in [9.17, 15) is 13.2 Å². The van der Waals surface area contributed by atoms with Gasteiger partial charge in [-0.25, -0.2) is 8.42 Å². The molecule has 0 aliphatic carbocycles. The molecule has 26 heavy (non-hydrogen) atoms. The maximum atomic E-state index is 12.8. The molecule has 0 radical (unpaired) electrons. The Morgan fingerprint density at radius 3 is 2.54 bits per heavy atom. The van der Waals surface area contributed by atoms with Crippen LogP contribution in [0.4, 0.5) is 5.69 Å². The van der Waals surface area contributed by atoms with Crippen molar-refractivity contribution < 1.29 is 17.9 Å². The molecule has 6 nitrogen and oxygen atoms in total. The summed E-state index contributed by atoms with van der Waals surface area (Å²) in [5.41, 5.74) is 0.411. The largest absolute Gasteiger partial charge is 0.495 e. The zero-order chi connectivity index (χ0) is 19.3. The Morgan fingerprint density at radius 1 is 1.19 bits per heavy atom. The molecule has 2 aromatic carbocycles. The van der Waals surface area contributed by atoms with Gasteiger partial charge in [0.05, 0.1) is 18.4 Å². The van der Waals surface area contributed by atoms with Crippen molar-refractivity contribution in [2.24, 2.45) is 5.92 Å². The van der Waals surface area contributed by atoms with Gasteiger partial charge in [0.2, 0.25) is 0 Å². The Labute approximate surface area is 158 Å². The third-order valence-corrected chi connectivity index (χ3v) is 5.12. The van der Waals surface area contributed by atoms with Crippen molar-refractivity contribution in [3.05, 3.63) is 53.1 Å². The van der Waals surface area contributed by atoms with Crippen LogP contribution < -0.4 is 14.8 Å². The minimum Gasteiger partial charge on any atom is -0.495 e. The number of anilines is 1. The molecule has 0 spiro atoms. The Morgan fingerprint density at radius 2 is 1.88 bits per heavy atom. The van der Waals surface area contributed by atoms with Crippen LogP contribution in [0.5, 0.6) is 5.75 Å². The number of benzene rings is 2. The van der Waals surface area contributed by atoms with E-state index in [1.807, 2.05) is 13.8 Å². The number of carbonyl (C=O) groups is 1. The number of halogens is 1. The lowest BCUT2D eigenvalue weighted by molar-refractivity contribution is 0.0950. The van der Waals surface area contributed by atoms with Crippen molar-refractivity contribution in [3.63, 3.8) is 0 Å². The molecule has 0 atom stereocenters. The summed E-state index contributed by atoms with van der Waals surface area (Å²) in [4.78, 5) is 12.3. The summed E-state index contributed by atoms with van der Waals surface area (Å²) < 4.78 is 33.1. The number of methoxy groups -OCH3 is 1. The standard InChI is InChI=1S/C18H21ClN2O4S/c1-12(2)11-20-18(22)14-6-4-5-7-15(14)21-26(23,24)17-10-13(19)8-9-16(17)25-3/h4-10,12,21H,11H2,1-3H3,(H,20,22). The summed E-state index contributed by atoms with van der Waals surface area (Å²) in [6, 6.07) is 10.7.